The lowest BCUT2D eigenvalue weighted by Gasteiger charge is -2.18. The van der Waals surface area contributed by atoms with E-state index in [2.05, 4.69) is 142 Å². The first-order valence-electron chi connectivity index (χ1n) is 28.0. The molecule has 0 fully saturated rings. The number of rotatable bonds is 49. The molecule has 0 saturated heterocycles. The fraction of sp³-hybridized carbons (Fsp3) is 0.635. The average molecular weight is 956 g/mol. The molecule has 0 aromatic carbocycles. The molecule has 0 rings (SSSR count). The van der Waals surface area contributed by atoms with Gasteiger partial charge < -0.3 is 14.2 Å². The summed E-state index contributed by atoms with van der Waals surface area (Å²) in [6.45, 7) is 6.39. The Labute approximate surface area is 424 Å². The number of hydrogen-bond donors (Lipinski definition) is 0. The summed E-state index contributed by atoms with van der Waals surface area (Å²) in [4.78, 5) is 37.8. The smallest absolute Gasteiger partial charge is 0.306 e. The molecule has 0 aromatic heterocycles. The molecule has 0 saturated carbocycles. The lowest BCUT2D eigenvalue weighted by molar-refractivity contribution is -0.167. The molecule has 1 atom stereocenters. The number of esters is 3. The monoisotopic (exact) mass is 955 g/mol. The Morgan fingerprint density at radius 1 is 0.304 bits per heavy atom. The predicted octanol–water partition coefficient (Wildman–Crippen LogP) is 18.9. The van der Waals surface area contributed by atoms with Gasteiger partial charge in [0, 0.05) is 19.3 Å². The molecule has 0 heterocycles. The minimum absolute atomic E-state index is 0.0979. The van der Waals surface area contributed by atoms with Crippen molar-refractivity contribution in [2.75, 3.05) is 13.2 Å². The average Bonchev–Trinajstić information content (AvgIpc) is 3.35. The second-order valence-electron chi connectivity index (χ2n) is 18.1. The number of allylic oxidation sites excluding steroid dienone is 20. The first-order chi connectivity index (χ1) is 34.0. The van der Waals surface area contributed by atoms with Crippen LogP contribution in [0.2, 0.25) is 0 Å². The van der Waals surface area contributed by atoms with Crippen LogP contribution in [0.1, 0.15) is 239 Å². The third-order valence-electron chi connectivity index (χ3n) is 11.5. The number of ether oxygens (including phenoxy) is 3. The zero-order valence-corrected chi connectivity index (χ0v) is 44.5. The quantitative estimate of drug-likeness (QED) is 0.0262. The maximum absolute atomic E-state index is 12.8. The fourth-order valence-corrected chi connectivity index (χ4v) is 7.25. The fourth-order valence-electron chi connectivity index (χ4n) is 7.25. The van der Waals surface area contributed by atoms with Gasteiger partial charge in [-0.3, -0.25) is 14.4 Å². The number of carbonyl (C=O) groups excluding carboxylic acids is 3. The third-order valence-corrected chi connectivity index (χ3v) is 11.5. The molecule has 6 heteroatoms. The molecule has 0 spiro atoms. The molecule has 69 heavy (non-hydrogen) atoms. The second kappa shape index (κ2) is 56.4. The van der Waals surface area contributed by atoms with Gasteiger partial charge in [0.05, 0.1) is 0 Å². The van der Waals surface area contributed by atoms with E-state index in [9.17, 15) is 14.4 Å². The first-order valence-corrected chi connectivity index (χ1v) is 28.0. The molecule has 390 valence electrons. The summed E-state index contributed by atoms with van der Waals surface area (Å²) < 4.78 is 16.7. The van der Waals surface area contributed by atoms with Crippen molar-refractivity contribution in [1.29, 1.82) is 0 Å². The van der Waals surface area contributed by atoms with E-state index in [1.165, 1.54) is 77.0 Å². The van der Waals surface area contributed by atoms with Gasteiger partial charge in [-0.05, 0) is 116 Å². The minimum Gasteiger partial charge on any atom is -0.462 e. The van der Waals surface area contributed by atoms with Crippen LogP contribution in [0.5, 0.6) is 0 Å². The largest absolute Gasteiger partial charge is 0.462 e. The highest BCUT2D eigenvalue weighted by Crippen LogP contribution is 2.13. The summed E-state index contributed by atoms with van der Waals surface area (Å²) in [5.41, 5.74) is 0. The molecule has 0 bridgehead atoms. The maximum Gasteiger partial charge on any atom is 0.306 e. The predicted molar refractivity (Wildman–Crippen MR) is 297 cm³/mol. The standard InChI is InChI=1S/C63H102O6/c1-4-7-10-13-16-18-20-22-24-26-28-29-30-31-32-33-34-35-36-38-39-41-43-45-47-50-53-56-62(65)68-59-60(58-67-61(64)55-52-49-15-12-9-6-3)69-63(66)57-54-51-48-46-44-42-40-37-27-25-23-21-19-17-14-11-8-5-2/h7,10,16,18-19,21-22,24-25,27-29,31-32,34-35,38-39,43,45,60H,4-6,8-9,11-15,17,20,23,26,30,33,36-37,40-42,44,46-59H2,1-3H3/b10-7-,18-16-,21-19-,24-22-,27-25-,29-28-,32-31-,35-34-,39-38-,45-43-. The third kappa shape index (κ3) is 54.6. The first kappa shape index (κ1) is 64.8. The van der Waals surface area contributed by atoms with Gasteiger partial charge in [0.1, 0.15) is 13.2 Å². The van der Waals surface area contributed by atoms with Crippen LogP contribution in [0, 0.1) is 0 Å². The number of hydrogen-bond acceptors (Lipinski definition) is 6. The highest BCUT2D eigenvalue weighted by molar-refractivity contribution is 5.71. The van der Waals surface area contributed by atoms with E-state index in [0.717, 1.165) is 116 Å². The summed E-state index contributed by atoms with van der Waals surface area (Å²) in [5, 5.41) is 0. The van der Waals surface area contributed by atoms with Gasteiger partial charge in [0.15, 0.2) is 6.10 Å². The van der Waals surface area contributed by atoms with Crippen molar-refractivity contribution in [3.63, 3.8) is 0 Å². The van der Waals surface area contributed by atoms with Gasteiger partial charge in [0.2, 0.25) is 0 Å². The van der Waals surface area contributed by atoms with Crippen LogP contribution in [-0.4, -0.2) is 37.2 Å². The molecule has 0 aliphatic carbocycles. The van der Waals surface area contributed by atoms with Gasteiger partial charge in [-0.1, -0.05) is 226 Å². The molecular weight excluding hydrogens is 853 g/mol. The summed E-state index contributed by atoms with van der Waals surface area (Å²) >= 11 is 0. The number of carbonyl (C=O) groups is 3. The lowest BCUT2D eigenvalue weighted by atomic mass is 10.1. The maximum atomic E-state index is 12.8. The zero-order valence-electron chi connectivity index (χ0n) is 44.5. The van der Waals surface area contributed by atoms with Crippen molar-refractivity contribution >= 4 is 17.9 Å². The summed E-state index contributed by atoms with van der Waals surface area (Å²) in [5.74, 6) is -0.966. The van der Waals surface area contributed by atoms with E-state index >= 15 is 0 Å². The van der Waals surface area contributed by atoms with Gasteiger partial charge in [-0.25, -0.2) is 0 Å². The molecule has 0 aromatic rings. The van der Waals surface area contributed by atoms with Crippen LogP contribution in [0.4, 0.5) is 0 Å². The molecule has 0 amide bonds. The summed E-state index contributed by atoms with van der Waals surface area (Å²) in [7, 11) is 0. The van der Waals surface area contributed by atoms with E-state index in [4.69, 9.17) is 14.2 Å². The molecule has 0 radical (unpaired) electrons. The van der Waals surface area contributed by atoms with E-state index in [1.54, 1.807) is 0 Å². The van der Waals surface area contributed by atoms with Gasteiger partial charge in [0.25, 0.3) is 0 Å². The van der Waals surface area contributed by atoms with Crippen LogP contribution >= 0.6 is 0 Å². The van der Waals surface area contributed by atoms with Crippen LogP contribution in [0.15, 0.2) is 122 Å². The Hall–Kier alpha value is -4.19. The van der Waals surface area contributed by atoms with Crippen molar-refractivity contribution in [1.82, 2.24) is 0 Å². The lowest BCUT2D eigenvalue weighted by Crippen LogP contribution is -2.30. The Morgan fingerprint density at radius 3 is 0.928 bits per heavy atom. The highest BCUT2D eigenvalue weighted by Gasteiger charge is 2.19. The SMILES string of the molecule is CC/C=C\C/C=C\C/C=C\C/C=C\C/C=C\C/C=C\C/C=C\C/C=C\CCCCC(=O)OCC(COC(=O)CCCCCCCC)OC(=O)CCCCCCCCC/C=C\C/C=C\CCCCCC. The summed E-state index contributed by atoms with van der Waals surface area (Å²) in [6.07, 6.45) is 77.9. The van der Waals surface area contributed by atoms with E-state index in [1.807, 2.05) is 0 Å². The van der Waals surface area contributed by atoms with Crippen LogP contribution < -0.4 is 0 Å². The molecule has 0 aliphatic heterocycles. The molecule has 0 N–H and O–H groups in total. The van der Waals surface area contributed by atoms with Crippen LogP contribution in [-0.2, 0) is 28.6 Å². The van der Waals surface area contributed by atoms with Gasteiger partial charge >= 0.3 is 17.9 Å². The van der Waals surface area contributed by atoms with Gasteiger partial charge in [-0.15, -0.1) is 0 Å². The van der Waals surface area contributed by atoms with Crippen molar-refractivity contribution in [2.45, 2.75) is 245 Å². The molecule has 6 nitrogen and oxygen atoms in total. The van der Waals surface area contributed by atoms with Crippen LogP contribution in [0.3, 0.4) is 0 Å². The van der Waals surface area contributed by atoms with Crippen molar-refractivity contribution in [3.8, 4) is 0 Å². The van der Waals surface area contributed by atoms with E-state index < -0.39 is 6.10 Å². The Bertz CT molecular complexity index is 1470. The Kier molecular flexibility index (Phi) is 53.0. The molecule has 0 aliphatic rings. The van der Waals surface area contributed by atoms with Crippen LogP contribution in [0.25, 0.3) is 0 Å². The Morgan fingerprint density at radius 2 is 0.565 bits per heavy atom. The van der Waals surface area contributed by atoms with E-state index in [-0.39, 0.29) is 31.1 Å². The van der Waals surface area contributed by atoms with Crippen molar-refractivity contribution in [2.24, 2.45) is 0 Å². The normalized spacial score (nSPS) is 13.0. The topological polar surface area (TPSA) is 78.9 Å². The van der Waals surface area contributed by atoms with Gasteiger partial charge in [-0.2, -0.15) is 0 Å². The molecule has 1 unspecified atom stereocenters. The minimum atomic E-state index is -0.800. The summed E-state index contributed by atoms with van der Waals surface area (Å²) in [6, 6.07) is 0. The highest BCUT2D eigenvalue weighted by atomic mass is 16.6. The number of unbranched alkanes of at least 4 members (excludes halogenated alkanes) is 18. The van der Waals surface area contributed by atoms with Crippen molar-refractivity contribution in [3.05, 3.63) is 122 Å². The second-order valence-corrected chi connectivity index (χ2v) is 18.1. The Balaban J connectivity index is 4.29. The zero-order chi connectivity index (χ0) is 50.0. The van der Waals surface area contributed by atoms with E-state index in [0.29, 0.717) is 25.7 Å². The molecular formula is C63H102O6. The van der Waals surface area contributed by atoms with Crippen molar-refractivity contribution < 1.29 is 28.6 Å².